The first kappa shape index (κ1) is 18.8. The molecule has 1 aliphatic heterocycles. The molecule has 1 aromatic carbocycles. The average Bonchev–Trinajstić information content (AvgIpc) is 3.01. The fourth-order valence-corrected chi connectivity index (χ4v) is 4.57. The third-order valence-electron chi connectivity index (χ3n) is 5.37. The standard InChI is InChI=1S/C21H22FN3O2S/c1-13-14(2)28-20-18(13)19(23-12-24-20)25-9-7-16(8-10-25)21(26)27-11-15-3-5-17(22)6-4-15/h3-6,12,16H,7-11H2,1-2H3. The van der Waals surface area contributed by atoms with Gasteiger partial charge in [0, 0.05) is 18.0 Å². The number of anilines is 1. The summed E-state index contributed by atoms with van der Waals surface area (Å²) < 4.78 is 18.4. The van der Waals surface area contributed by atoms with Crippen LogP contribution in [-0.4, -0.2) is 29.0 Å². The van der Waals surface area contributed by atoms with Crippen molar-refractivity contribution in [1.82, 2.24) is 9.97 Å². The van der Waals surface area contributed by atoms with Crippen molar-refractivity contribution in [2.75, 3.05) is 18.0 Å². The summed E-state index contributed by atoms with van der Waals surface area (Å²) in [4.78, 5) is 25.9. The van der Waals surface area contributed by atoms with Gasteiger partial charge in [-0.25, -0.2) is 14.4 Å². The van der Waals surface area contributed by atoms with E-state index in [1.165, 1.54) is 22.6 Å². The summed E-state index contributed by atoms with van der Waals surface area (Å²) >= 11 is 1.69. The van der Waals surface area contributed by atoms with E-state index < -0.39 is 0 Å². The first-order valence-corrected chi connectivity index (χ1v) is 10.2. The molecule has 1 saturated heterocycles. The Balaban J connectivity index is 1.38. The maximum Gasteiger partial charge on any atom is 0.309 e. The first-order valence-electron chi connectivity index (χ1n) is 9.39. The zero-order chi connectivity index (χ0) is 19.7. The van der Waals surface area contributed by atoms with Gasteiger partial charge in [0.25, 0.3) is 0 Å². The number of aryl methyl sites for hydroxylation is 2. The number of piperidine rings is 1. The van der Waals surface area contributed by atoms with Gasteiger partial charge in [0.15, 0.2) is 0 Å². The van der Waals surface area contributed by atoms with Crippen molar-refractivity contribution in [1.29, 1.82) is 0 Å². The fraction of sp³-hybridized carbons (Fsp3) is 0.381. The van der Waals surface area contributed by atoms with Crippen LogP contribution in [0.25, 0.3) is 10.2 Å². The summed E-state index contributed by atoms with van der Waals surface area (Å²) in [6, 6.07) is 6.02. The molecule has 3 aromatic rings. The Morgan fingerprint density at radius 2 is 1.93 bits per heavy atom. The molecule has 0 radical (unpaired) electrons. The molecule has 0 atom stereocenters. The lowest BCUT2D eigenvalue weighted by molar-refractivity contribution is -0.150. The molecule has 0 unspecified atom stereocenters. The Labute approximate surface area is 167 Å². The molecule has 4 rings (SSSR count). The number of nitrogens with zero attached hydrogens (tertiary/aromatic N) is 3. The molecule has 0 amide bonds. The van der Waals surface area contributed by atoms with Crippen LogP contribution in [0.5, 0.6) is 0 Å². The number of esters is 1. The number of thiophene rings is 1. The second-order valence-corrected chi connectivity index (χ2v) is 8.36. The van der Waals surface area contributed by atoms with E-state index in [9.17, 15) is 9.18 Å². The van der Waals surface area contributed by atoms with E-state index in [0.29, 0.717) is 0 Å². The molecule has 0 saturated carbocycles. The monoisotopic (exact) mass is 399 g/mol. The second-order valence-electron chi connectivity index (χ2n) is 7.16. The fourth-order valence-electron chi connectivity index (χ4n) is 3.58. The van der Waals surface area contributed by atoms with Gasteiger partial charge < -0.3 is 9.64 Å². The van der Waals surface area contributed by atoms with Gasteiger partial charge in [-0.15, -0.1) is 11.3 Å². The van der Waals surface area contributed by atoms with Gasteiger partial charge in [-0.1, -0.05) is 12.1 Å². The van der Waals surface area contributed by atoms with Gasteiger partial charge in [0.05, 0.1) is 11.3 Å². The Morgan fingerprint density at radius 3 is 2.64 bits per heavy atom. The van der Waals surface area contributed by atoms with Crippen molar-refractivity contribution in [2.45, 2.75) is 33.3 Å². The normalized spacial score (nSPS) is 15.2. The zero-order valence-electron chi connectivity index (χ0n) is 15.9. The number of carbonyl (C=O) groups excluding carboxylic acids is 1. The Morgan fingerprint density at radius 1 is 1.21 bits per heavy atom. The third kappa shape index (κ3) is 3.71. The van der Waals surface area contributed by atoms with Gasteiger partial charge in [-0.3, -0.25) is 4.79 Å². The van der Waals surface area contributed by atoms with E-state index in [1.807, 2.05) is 0 Å². The zero-order valence-corrected chi connectivity index (χ0v) is 16.8. The van der Waals surface area contributed by atoms with Gasteiger partial charge in [-0.05, 0) is 49.9 Å². The van der Waals surface area contributed by atoms with E-state index in [4.69, 9.17) is 4.74 Å². The predicted octanol–water partition coefficient (Wildman–Crippen LogP) is 4.41. The van der Waals surface area contributed by atoms with Gasteiger partial charge in [0.1, 0.15) is 29.4 Å². The van der Waals surface area contributed by atoms with Crippen LogP contribution in [-0.2, 0) is 16.1 Å². The van der Waals surface area contributed by atoms with Crippen molar-refractivity contribution in [3.05, 3.63) is 52.4 Å². The summed E-state index contributed by atoms with van der Waals surface area (Å²) in [5, 5.41) is 1.13. The van der Waals surface area contributed by atoms with Crippen LogP contribution in [0.1, 0.15) is 28.8 Å². The Bertz CT molecular complexity index is 995. The molecule has 0 bridgehead atoms. The number of carbonyl (C=O) groups is 1. The molecule has 2 aromatic heterocycles. The Hall–Kier alpha value is -2.54. The minimum atomic E-state index is -0.294. The molecule has 0 aliphatic carbocycles. The molecular weight excluding hydrogens is 377 g/mol. The minimum Gasteiger partial charge on any atom is -0.461 e. The number of benzene rings is 1. The number of ether oxygens (including phenoxy) is 1. The quantitative estimate of drug-likeness (QED) is 0.609. The largest absolute Gasteiger partial charge is 0.461 e. The number of hydrogen-bond donors (Lipinski definition) is 0. The molecule has 3 heterocycles. The van der Waals surface area contributed by atoms with E-state index >= 15 is 0 Å². The summed E-state index contributed by atoms with van der Waals surface area (Å²) in [5.41, 5.74) is 2.02. The maximum absolute atomic E-state index is 13.0. The number of aromatic nitrogens is 2. The van der Waals surface area contributed by atoms with Crippen LogP contribution in [0.4, 0.5) is 10.2 Å². The highest BCUT2D eigenvalue weighted by Crippen LogP contribution is 2.35. The molecule has 5 nitrogen and oxygen atoms in total. The van der Waals surface area contributed by atoms with Crippen LogP contribution < -0.4 is 4.90 Å². The smallest absolute Gasteiger partial charge is 0.309 e. The lowest BCUT2D eigenvalue weighted by Gasteiger charge is -2.32. The molecule has 0 spiro atoms. The summed E-state index contributed by atoms with van der Waals surface area (Å²) in [7, 11) is 0. The molecule has 1 aliphatic rings. The number of rotatable bonds is 4. The molecule has 28 heavy (non-hydrogen) atoms. The average molecular weight is 399 g/mol. The van der Waals surface area contributed by atoms with Crippen LogP contribution in [0, 0.1) is 25.6 Å². The van der Waals surface area contributed by atoms with Gasteiger partial charge >= 0.3 is 5.97 Å². The van der Waals surface area contributed by atoms with E-state index in [-0.39, 0.29) is 24.3 Å². The van der Waals surface area contributed by atoms with Crippen molar-refractivity contribution >= 4 is 33.3 Å². The molecule has 0 N–H and O–H groups in total. The Kier molecular flexibility index (Phi) is 5.26. The SMILES string of the molecule is Cc1sc2ncnc(N3CCC(C(=O)OCc4ccc(F)cc4)CC3)c2c1C. The topological polar surface area (TPSA) is 55.3 Å². The molecule has 146 valence electrons. The highest BCUT2D eigenvalue weighted by Gasteiger charge is 2.28. The van der Waals surface area contributed by atoms with Crippen LogP contribution in [0.15, 0.2) is 30.6 Å². The van der Waals surface area contributed by atoms with Crippen LogP contribution in [0.3, 0.4) is 0 Å². The summed E-state index contributed by atoms with van der Waals surface area (Å²) in [6.45, 7) is 5.92. The van der Waals surface area contributed by atoms with Crippen molar-refractivity contribution in [2.24, 2.45) is 5.92 Å². The van der Waals surface area contributed by atoms with Crippen molar-refractivity contribution in [3.8, 4) is 0 Å². The molecule has 1 fully saturated rings. The second kappa shape index (κ2) is 7.83. The van der Waals surface area contributed by atoms with E-state index in [0.717, 1.165) is 47.5 Å². The minimum absolute atomic E-state index is 0.112. The van der Waals surface area contributed by atoms with Gasteiger partial charge in [-0.2, -0.15) is 0 Å². The number of fused-ring (bicyclic) bond motifs is 1. The van der Waals surface area contributed by atoms with E-state index in [2.05, 4.69) is 28.7 Å². The third-order valence-corrected chi connectivity index (χ3v) is 6.48. The van der Waals surface area contributed by atoms with Crippen molar-refractivity contribution in [3.63, 3.8) is 0 Å². The lowest BCUT2D eigenvalue weighted by Crippen LogP contribution is -2.37. The van der Waals surface area contributed by atoms with Gasteiger partial charge in [0.2, 0.25) is 0 Å². The highest BCUT2D eigenvalue weighted by molar-refractivity contribution is 7.18. The maximum atomic E-state index is 13.0. The number of hydrogen-bond acceptors (Lipinski definition) is 6. The van der Waals surface area contributed by atoms with Crippen molar-refractivity contribution < 1.29 is 13.9 Å². The van der Waals surface area contributed by atoms with Crippen LogP contribution in [0.2, 0.25) is 0 Å². The van der Waals surface area contributed by atoms with Crippen LogP contribution >= 0.6 is 11.3 Å². The summed E-state index contributed by atoms with van der Waals surface area (Å²) in [6.07, 6.45) is 3.09. The first-order chi connectivity index (χ1) is 13.5. The summed E-state index contributed by atoms with van der Waals surface area (Å²) in [5.74, 6) is 0.376. The lowest BCUT2D eigenvalue weighted by atomic mass is 9.96. The molecular formula is C21H22FN3O2S. The molecule has 7 heteroatoms. The van der Waals surface area contributed by atoms with E-state index in [1.54, 1.807) is 29.8 Å². The number of halogens is 1. The predicted molar refractivity (Wildman–Crippen MR) is 108 cm³/mol. The highest BCUT2D eigenvalue weighted by atomic mass is 32.1.